The van der Waals surface area contributed by atoms with Gasteiger partial charge in [-0.05, 0) is 42.0 Å². The predicted octanol–water partition coefficient (Wildman–Crippen LogP) is 2.58. The number of amides is 1. The SMILES string of the molecule is CCN(CC)S(=O)(=O)c1ccc(NC(=O)COC(=O)Cc2ccc(F)cc2)cc1. The molecule has 9 heteroatoms. The van der Waals surface area contributed by atoms with Crippen LogP contribution in [0.25, 0.3) is 0 Å². The molecule has 2 aromatic carbocycles. The van der Waals surface area contributed by atoms with Crippen LogP contribution in [0.5, 0.6) is 0 Å². The highest BCUT2D eigenvalue weighted by Gasteiger charge is 2.21. The zero-order chi connectivity index (χ0) is 21.4. The Balaban J connectivity index is 1.87. The van der Waals surface area contributed by atoms with E-state index in [-0.39, 0.29) is 11.3 Å². The summed E-state index contributed by atoms with van der Waals surface area (Å²) in [5.74, 6) is -1.58. The minimum Gasteiger partial charge on any atom is -0.455 e. The van der Waals surface area contributed by atoms with Crippen LogP contribution in [0.4, 0.5) is 10.1 Å². The maximum atomic E-state index is 12.8. The van der Waals surface area contributed by atoms with Crippen molar-refractivity contribution in [3.63, 3.8) is 0 Å². The molecule has 0 bridgehead atoms. The number of halogens is 1. The van der Waals surface area contributed by atoms with E-state index in [4.69, 9.17) is 4.74 Å². The molecule has 0 aliphatic carbocycles. The van der Waals surface area contributed by atoms with Gasteiger partial charge in [-0.2, -0.15) is 4.31 Å². The topological polar surface area (TPSA) is 92.8 Å². The molecule has 0 atom stereocenters. The van der Waals surface area contributed by atoms with Gasteiger partial charge in [-0.3, -0.25) is 9.59 Å². The monoisotopic (exact) mass is 422 g/mol. The first kappa shape index (κ1) is 22.5. The van der Waals surface area contributed by atoms with Crippen LogP contribution >= 0.6 is 0 Å². The van der Waals surface area contributed by atoms with Gasteiger partial charge >= 0.3 is 5.97 Å². The van der Waals surface area contributed by atoms with Gasteiger partial charge in [0.1, 0.15) is 5.82 Å². The van der Waals surface area contributed by atoms with Crippen LogP contribution in [0.3, 0.4) is 0 Å². The van der Waals surface area contributed by atoms with Crippen LogP contribution in [0, 0.1) is 5.82 Å². The molecular formula is C20H23FN2O5S. The van der Waals surface area contributed by atoms with Gasteiger partial charge in [0.25, 0.3) is 5.91 Å². The molecule has 0 saturated carbocycles. The van der Waals surface area contributed by atoms with E-state index in [9.17, 15) is 22.4 Å². The summed E-state index contributed by atoms with van der Waals surface area (Å²) in [5.41, 5.74) is 0.949. The number of rotatable bonds is 9. The normalized spacial score (nSPS) is 11.3. The highest BCUT2D eigenvalue weighted by Crippen LogP contribution is 2.18. The van der Waals surface area contributed by atoms with Gasteiger partial charge in [0.05, 0.1) is 11.3 Å². The minimum atomic E-state index is -3.57. The Labute approximate surface area is 169 Å². The van der Waals surface area contributed by atoms with Crippen LogP contribution in [-0.2, 0) is 30.8 Å². The number of sulfonamides is 1. The summed E-state index contributed by atoms with van der Waals surface area (Å²) in [6.07, 6.45) is -0.0779. The van der Waals surface area contributed by atoms with Gasteiger partial charge < -0.3 is 10.1 Å². The fourth-order valence-electron chi connectivity index (χ4n) is 2.59. The maximum Gasteiger partial charge on any atom is 0.310 e. The van der Waals surface area contributed by atoms with Crippen LogP contribution in [0.1, 0.15) is 19.4 Å². The van der Waals surface area contributed by atoms with E-state index in [1.165, 1.54) is 52.8 Å². The summed E-state index contributed by atoms with van der Waals surface area (Å²) < 4.78 is 44.0. The lowest BCUT2D eigenvalue weighted by Crippen LogP contribution is -2.30. The first-order chi connectivity index (χ1) is 13.8. The van der Waals surface area contributed by atoms with Crippen molar-refractivity contribution < 1.29 is 27.1 Å². The largest absolute Gasteiger partial charge is 0.455 e. The van der Waals surface area contributed by atoms with Gasteiger partial charge in [-0.25, -0.2) is 12.8 Å². The van der Waals surface area contributed by atoms with Crippen LogP contribution in [0.2, 0.25) is 0 Å². The minimum absolute atomic E-state index is 0.0779. The van der Waals surface area contributed by atoms with Gasteiger partial charge in [-0.1, -0.05) is 26.0 Å². The molecule has 0 saturated heterocycles. The molecule has 1 amide bonds. The van der Waals surface area contributed by atoms with Gasteiger partial charge in [-0.15, -0.1) is 0 Å². The second kappa shape index (κ2) is 10.1. The Bertz CT molecular complexity index is 940. The van der Waals surface area contributed by atoms with E-state index in [0.29, 0.717) is 24.3 Å². The van der Waals surface area contributed by atoms with E-state index in [0.717, 1.165) is 0 Å². The quantitative estimate of drug-likeness (QED) is 0.627. The fraction of sp³-hybridized carbons (Fsp3) is 0.300. The van der Waals surface area contributed by atoms with Crippen molar-refractivity contribution in [1.82, 2.24) is 4.31 Å². The van der Waals surface area contributed by atoms with Gasteiger partial charge in [0.15, 0.2) is 6.61 Å². The zero-order valence-electron chi connectivity index (χ0n) is 16.2. The van der Waals surface area contributed by atoms with Gasteiger partial charge in [0.2, 0.25) is 10.0 Å². The first-order valence-electron chi connectivity index (χ1n) is 9.06. The van der Waals surface area contributed by atoms with Crippen molar-refractivity contribution in [2.24, 2.45) is 0 Å². The lowest BCUT2D eigenvalue weighted by molar-refractivity contribution is -0.146. The molecule has 1 N–H and O–H groups in total. The third-order valence-corrected chi connectivity index (χ3v) is 6.17. The lowest BCUT2D eigenvalue weighted by atomic mass is 10.1. The number of nitrogens with one attached hydrogen (secondary N) is 1. The lowest BCUT2D eigenvalue weighted by Gasteiger charge is -2.18. The number of nitrogens with zero attached hydrogens (tertiary/aromatic N) is 1. The predicted molar refractivity (Wildman–Crippen MR) is 106 cm³/mol. The molecule has 0 unspecified atom stereocenters. The van der Waals surface area contributed by atoms with Crippen LogP contribution in [-0.4, -0.2) is 44.3 Å². The third kappa shape index (κ3) is 6.37. The summed E-state index contributed by atoms with van der Waals surface area (Å²) in [4.78, 5) is 23.8. The Morgan fingerprint density at radius 2 is 1.59 bits per heavy atom. The van der Waals surface area contributed by atoms with Crippen LogP contribution in [0.15, 0.2) is 53.4 Å². The van der Waals surface area contributed by atoms with Gasteiger partial charge in [0, 0.05) is 18.8 Å². The third-order valence-electron chi connectivity index (χ3n) is 4.11. The molecule has 156 valence electrons. The molecule has 7 nitrogen and oxygen atoms in total. The molecule has 29 heavy (non-hydrogen) atoms. The van der Waals surface area contributed by atoms with Crippen molar-refractivity contribution in [1.29, 1.82) is 0 Å². The second-order valence-electron chi connectivity index (χ2n) is 6.13. The average Bonchev–Trinajstić information content (AvgIpc) is 2.69. The zero-order valence-corrected chi connectivity index (χ0v) is 17.0. The van der Waals surface area contributed by atoms with Crippen molar-refractivity contribution in [2.75, 3.05) is 25.0 Å². The summed E-state index contributed by atoms with van der Waals surface area (Å²) >= 11 is 0. The van der Waals surface area contributed by atoms with E-state index in [2.05, 4.69) is 5.32 Å². The summed E-state index contributed by atoms with van der Waals surface area (Å²) in [6, 6.07) is 11.1. The van der Waals surface area contributed by atoms with Crippen molar-refractivity contribution >= 4 is 27.6 Å². The molecule has 0 radical (unpaired) electrons. The molecule has 2 aromatic rings. The molecule has 2 rings (SSSR count). The number of benzene rings is 2. The number of esters is 1. The average molecular weight is 422 g/mol. The first-order valence-corrected chi connectivity index (χ1v) is 10.5. The van der Waals surface area contributed by atoms with E-state index in [1.807, 2.05) is 0 Å². The molecule has 0 aliphatic heterocycles. The molecule has 0 aromatic heterocycles. The smallest absolute Gasteiger partial charge is 0.310 e. The standard InChI is InChI=1S/C20H23FN2O5S/c1-3-23(4-2)29(26,27)18-11-9-17(10-12-18)22-19(24)14-28-20(25)13-15-5-7-16(21)8-6-15/h5-12H,3-4,13-14H2,1-2H3,(H,22,24). The Morgan fingerprint density at radius 1 is 1.00 bits per heavy atom. The highest BCUT2D eigenvalue weighted by atomic mass is 32.2. The van der Waals surface area contributed by atoms with Crippen molar-refractivity contribution in [2.45, 2.75) is 25.2 Å². The Kier molecular flexibility index (Phi) is 7.86. The highest BCUT2D eigenvalue weighted by molar-refractivity contribution is 7.89. The number of ether oxygens (including phenoxy) is 1. The molecular weight excluding hydrogens is 399 g/mol. The summed E-state index contributed by atoms with van der Waals surface area (Å²) in [6.45, 7) is 3.75. The van der Waals surface area contributed by atoms with Crippen molar-refractivity contribution in [3.8, 4) is 0 Å². The fourth-order valence-corrected chi connectivity index (χ4v) is 4.04. The number of hydrogen-bond acceptors (Lipinski definition) is 5. The van der Waals surface area contributed by atoms with E-state index in [1.54, 1.807) is 13.8 Å². The molecule has 0 fully saturated rings. The Hall–Kier alpha value is -2.78. The number of carbonyl (C=O) groups excluding carboxylic acids is 2. The number of anilines is 1. The van der Waals surface area contributed by atoms with E-state index >= 15 is 0 Å². The Morgan fingerprint density at radius 3 is 2.14 bits per heavy atom. The summed E-state index contributed by atoms with van der Waals surface area (Å²) in [5, 5.41) is 2.53. The second-order valence-corrected chi connectivity index (χ2v) is 8.06. The summed E-state index contributed by atoms with van der Waals surface area (Å²) in [7, 11) is -3.57. The van der Waals surface area contributed by atoms with Crippen molar-refractivity contribution in [3.05, 3.63) is 59.9 Å². The molecule has 0 spiro atoms. The number of carbonyl (C=O) groups is 2. The van der Waals surface area contributed by atoms with E-state index < -0.39 is 34.3 Å². The molecule has 0 heterocycles. The maximum absolute atomic E-state index is 12.8. The molecule has 0 aliphatic rings. The number of hydrogen-bond donors (Lipinski definition) is 1. The van der Waals surface area contributed by atoms with Crippen LogP contribution < -0.4 is 5.32 Å².